The van der Waals surface area contributed by atoms with Gasteiger partial charge in [-0.3, -0.25) is 9.59 Å². The number of esters is 2. The van der Waals surface area contributed by atoms with Crippen LogP contribution in [0.5, 0.6) is 5.75 Å². The van der Waals surface area contributed by atoms with Gasteiger partial charge in [-0.15, -0.1) is 0 Å². The highest BCUT2D eigenvalue weighted by Gasteiger charge is 2.32. The van der Waals surface area contributed by atoms with Crippen LogP contribution >= 0.6 is 0 Å². The highest BCUT2D eigenvalue weighted by Crippen LogP contribution is 2.25. The molecule has 0 aliphatic rings. The van der Waals surface area contributed by atoms with Gasteiger partial charge in [0.25, 0.3) is 0 Å². The van der Waals surface area contributed by atoms with Gasteiger partial charge >= 0.3 is 11.9 Å². The van der Waals surface area contributed by atoms with Crippen LogP contribution in [0.25, 0.3) is 0 Å². The molecule has 1 rings (SSSR count). The zero-order valence-corrected chi connectivity index (χ0v) is 11.6. The van der Waals surface area contributed by atoms with E-state index in [1.54, 1.807) is 13.8 Å². The molecule has 0 unspecified atom stereocenters. The second-order valence-electron chi connectivity index (χ2n) is 3.83. The normalized spacial score (nSPS) is 10.2. The van der Waals surface area contributed by atoms with E-state index >= 15 is 0 Å². The number of carbonyl (C=O) groups is 2. The van der Waals surface area contributed by atoms with Gasteiger partial charge in [-0.1, -0.05) is 6.07 Å². The molecule has 0 bridgehead atoms. The summed E-state index contributed by atoms with van der Waals surface area (Å²) in [5.41, 5.74) is 0.167. The van der Waals surface area contributed by atoms with Crippen molar-refractivity contribution < 1.29 is 28.2 Å². The first kappa shape index (κ1) is 15.9. The van der Waals surface area contributed by atoms with Crippen molar-refractivity contribution in [3.05, 3.63) is 29.6 Å². The lowest BCUT2D eigenvalue weighted by atomic mass is 9.99. The standard InChI is InChI=1S/C14H17FO5/c1-4-19-13(16)12(14(17)20-5-2)9-6-7-11(18-3)10(15)8-9/h6-8,12H,4-5H2,1-3H3. The Morgan fingerprint density at radius 1 is 1.15 bits per heavy atom. The Kier molecular flexibility index (Phi) is 5.96. The van der Waals surface area contributed by atoms with Crippen molar-refractivity contribution >= 4 is 11.9 Å². The van der Waals surface area contributed by atoms with E-state index in [9.17, 15) is 14.0 Å². The Bertz CT molecular complexity index is 468. The molecule has 6 heteroatoms. The SMILES string of the molecule is CCOC(=O)C(C(=O)OCC)c1ccc(OC)c(F)c1. The topological polar surface area (TPSA) is 61.8 Å². The lowest BCUT2D eigenvalue weighted by Crippen LogP contribution is -2.26. The quantitative estimate of drug-likeness (QED) is 0.591. The molecule has 0 fully saturated rings. The smallest absolute Gasteiger partial charge is 0.324 e. The van der Waals surface area contributed by atoms with Gasteiger partial charge < -0.3 is 14.2 Å². The van der Waals surface area contributed by atoms with Gasteiger partial charge in [0.2, 0.25) is 0 Å². The summed E-state index contributed by atoms with van der Waals surface area (Å²) in [6.45, 7) is 3.48. The van der Waals surface area contributed by atoms with Crippen molar-refractivity contribution in [1.29, 1.82) is 0 Å². The number of ether oxygens (including phenoxy) is 3. The maximum atomic E-state index is 13.7. The second-order valence-corrected chi connectivity index (χ2v) is 3.83. The highest BCUT2D eigenvalue weighted by molar-refractivity contribution is 6.00. The molecule has 0 amide bonds. The predicted molar refractivity (Wildman–Crippen MR) is 69.0 cm³/mol. The number of hydrogen-bond acceptors (Lipinski definition) is 5. The number of halogens is 1. The zero-order chi connectivity index (χ0) is 15.1. The number of hydrogen-bond donors (Lipinski definition) is 0. The van der Waals surface area contributed by atoms with Crippen LogP contribution in [-0.4, -0.2) is 32.3 Å². The maximum absolute atomic E-state index is 13.7. The summed E-state index contributed by atoms with van der Waals surface area (Å²) in [5, 5.41) is 0. The number of rotatable bonds is 6. The molecule has 1 aromatic carbocycles. The lowest BCUT2D eigenvalue weighted by Gasteiger charge is -2.15. The van der Waals surface area contributed by atoms with Crippen LogP contribution in [0.4, 0.5) is 4.39 Å². The van der Waals surface area contributed by atoms with Crippen LogP contribution in [0.2, 0.25) is 0 Å². The fourth-order valence-corrected chi connectivity index (χ4v) is 1.68. The summed E-state index contributed by atoms with van der Waals surface area (Å²) < 4.78 is 28.1. The fourth-order valence-electron chi connectivity index (χ4n) is 1.68. The van der Waals surface area contributed by atoms with Crippen molar-refractivity contribution in [2.45, 2.75) is 19.8 Å². The monoisotopic (exact) mass is 284 g/mol. The Morgan fingerprint density at radius 2 is 1.70 bits per heavy atom. The van der Waals surface area contributed by atoms with Crippen molar-refractivity contribution in [2.75, 3.05) is 20.3 Å². The minimum Gasteiger partial charge on any atom is -0.494 e. The molecule has 0 aliphatic heterocycles. The van der Waals surface area contributed by atoms with E-state index in [4.69, 9.17) is 14.2 Å². The first-order chi connectivity index (χ1) is 9.54. The lowest BCUT2D eigenvalue weighted by molar-refractivity contribution is -0.156. The first-order valence-electron chi connectivity index (χ1n) is 6.21. The van der Waals surface area contributed by atoms with Gasteiger partial charge in [0.1, 0.15) is 0 Å². The molecule has 0 N–H and O–H groups in total. The van der Waals surface area contributed by atoms with E-state index in [0.29, 0.717) is 0 Å². The van der Waals surface area contributed by atoms with E-state index in [2.05, 4.69) is 0 Å². The van der Waals surface area contributed by atoms with Crippen LogP contribution in [0.1, 0.15) is 25.3 Å². The molecule has 0 saturated carbocycles. The van der Waals surface area contributed by atoms with Gasteiger partial charge in [0, 0.05) is 0 Å². The molecule has 0 saturated heterocycles. The molecule has 20 heavy (non-hydrogen) atoms. The molecule has 110 valence electrons. The van der Waals surface area contributed by atoms with Gasteiger partial charge in [-0.2, -0.15) is 0 Å². The minimum atomic E-state index is -1.30. The van der Waals surface area contributed by atoms with Crippen LogP contribution in [-0.2, 0) is 19.1 Å². The number of methoxy groups -OCH3 is 1. The van der Waals surface area contributed by atoms with Gasteiger partial charge in [0.15, 0.2) is 17.5 Å². The number of benzene rings is 1. The summed E-state index contributed by atoms with van der Waals surface area (Å²) in [6.07, 6.45) is 0. The maximum Gasteiger partial charge on any atom is 0.324 e. The molecule has 0 radical (unpaired) electrons. The van der Waals surface area contributed by atoms with Crippen molar-refractivity contribution in [2.24, 2.45) is 0 Å². The van der Waals surface area contributed by atoms with E-state index in [-0.39, 0.29) is 24.5 Å². The Morgan fingerprint density at radius 3 is 2.10 bits per heavy atom. The van der Waals surface area contributed by atoms with Gasteiger partial charge in [-0.05, 0) is 31.5 Å². The summed E-state index contributed by atoms with van der Waals surface area (Å²) in [5.74, 6) is -3.47. The Hall–Kier alpha value is -2.11. The largest absolute Gasteiger partial charge is 0.494 e. The third-order valence-electron chi connectivity index (χ3n) is 2.55. The second kappa shape index (κ2) is 7.47. The predicted octanol–water partition coefficient (Wildman–Crippen LogP) is 2.04. The van der Waals surface area contributed by atoms with Crippen molar-refractivity contribution in [1.82, 2.24) is 0 Å². The molecule has 5 nitrogen and oxygen atoms in total. The van der Waals surface area contributed by atoms with Crippen LogP contribution in [0.3, 0.4) is 0 Å². The van der Waals surface area contributed by atoms with Crippen molar-refractivity contribution in [3.8, 4) is 5.75 Å². The summed E-state index contributed by atoms with van der Waals surface area (Å²) in [4.78, 5) is 23.7. The van der Waals surface area contributed by atoms with Gasteiger partial charge in [0.05, 0.1) is 20.3 Å². The minimum absolute atomic E-state index is 0.0280. The van der Waals surface area contributed by atoms with Crippen LogP contribution < -0.4 is 4.74 Å². The van der Waals surface area contributed by atoms with Crippen LogP contribution in [0.15, 0.2) is 18.2 Å². The Labute approximate surface area is 116 Å². The Balaban J connectivity index is 3.12. The summed E-state index contributed by atoms with van der Waals surface area (Å²) in [7, 11) is 1.33. The molecule has 0 heterocycles. The first-order valence-corrected chi connectivity index (χ1v) is 6.21. The summed E-state index contributed by atoms with van der Waals surface area (Å²) >= 11 is 0. The highest BCUT2D eigenvalue weighted by atomic mass is 19.1. The molecule has 0 aromatic heterocycles. The molecular weight excluding hydrogens is 267 g/mol. The molecule has 0 aliphatic carbocycles. The van der Waals surface area contributed by atoms with E-state index < -0.39 is 23.7 Å². The summed E-state index contributed by atoms with van der Waals surface area (Å²) in [6, 6.07) is 3.84. The van der Waals surface area contributed by atoms with Crippen molar-refractivity contribution in [3.63, 3.8) is 0 Å². The zero-order valence-electron chi connectivity index (χ0n) is 11.6. The third kappa shape index (κ3) is 3.69. The molecule has 0 spiro atoms. The molecule has 0 atom stereocenters. The van der Waals surface area contributed by atoms with Gasteiger partial charge in [-0.25, -0.2) is 4.39 Å². The van der Waals surface area contributed by atoms with E-state index in [1.807, 2.05) is 0 Å². The average Bonchev–Trinajstić information content (AvgIpc) is 2.40. The van der Waals surface area contributed by atoms with Crippen LogP contribution in [0, 0.1) is 5.82 Å². The van der Waals surface area contributed by atoms with E-state index in [0.717, 1.165) is 6.07 Å². The average molecular weight is 284 g/mol. The fraction of sp³-hybridized carbons (Fsp3) is 0.429. The number of carbonyl (C=O) groups excluding carboxylic acids is 2. The van der Waals surface area contributed by atoms with E-state index in [1.165, 1.54) is 19.2 Å². The molecule has 1 aromatic rings. The molecular formula is C14H17FO5. The third-order valence-corrected chi connectivity index (χ3v) is 2.55.